The highest BCUT2D eigenvalue weighted by Crippen LogP contribution is 1.83. The number of aryl methyl sites for hydroxylation is 1. The van der Waals surface area contributed by atoms with E-state index in [9.17, 15) is 9.59 Å². The number of hydrogen-bond donors (Lipinski definition) is 2. The van der Waals surface area contributed by atoms with Gasteiger partial charge in [-0.2, -0.15) is 0 Å². The predicted octanol–water partition coefficient (Wildman–Crippen LogP) is -1.00. The van der Waals surface area contributed by atoms with Crippen LogP contribution in [0, 0.1) is 6.92 Å². The molecule has 0 aromatic carbocycles. The Balaban J connectivity index is 2.45. The van der Waals surface area contributed by atoms with E-state index >= 15 is 0 Å². The van der Waals surface area contributed by atoms with Crippen LogP contribution in [0.15, 0.2) is 15.8 Å². The van der Waals surface area contributed by atoms with E-state index < -0.39 is 0 Å². The lowest BCUT2D eigenvalue weighted by Gasteiger charge is -2.11. The molecule has 0 radical (unpaired) electrons. The second-order valence-electron chi connectivity index (χ2n) is 4.32. The molecule has 0 unspecified atom stereocenters. The van der Waals surface area contributed by atoms with E-state index in [1.807, 2.05) is 14.1 Å². The van der Waals surface area contributed by atoms with Gasteiger partial charge in [0.15, 0.2) is 0 Å². The zero-order valence-corrected chi connectivity index (χ0v) is 10.6. The fourth-order valence-electron chi connectivity index (χ4n) is 1.41. The van der Waals surface area contributed by atoms with Crippen molar-refractivity contribution in [1.29, 1.82) is 0 Å². The molecule has 0 saturated carbocycles. The summed E-state index contributed by atoms with van der Waals surface area (Å²) in [5.74, 6) is 0. The summed E-state index contributed by atoms with van der Waals surface area (Å²) in [5.41, 5.74) is -0.111. The van der Waals surface area contributed by atoms with Crippen molar-refractivity contribution < 1.29 is 0 Å². The van der Waals surface area contributed by atoms with Gasteiger partial charge in [0.25, 0.3) is 5.56 Å². The van der Waals surface area contributed by atoms with E-state index in [1.54, 1.807) is 13.1 Å². The molecule has 1 aromatic heterocycles. The van der Waals surface area contributed by atoms with E-state index in [0.29, 0.717) is 18.7 Å². The van der Waals surface area contributed by atoms with E-state index in [0.717, 1.165) is 13.1 Å². The normalized spacial score (nSPS) is 11.1. The van der Waals surface area contributed by atoms with Gasteiger partial charge in [-0.3, -0.25) is 14.3 Å². The quantitative estimate of drug-likeness (QED) is 0.626. The predicted molar refractivity (Wildman–Crippen MR) is 67.5 cm³/mol. The molecule has 0 amide bonds. The average molecular weight is 240 g/mol. The van der Waals surface area contributed by atoms with Crippen LogP contribution in [-0.2, 0) is 6.54 Å². The van der Waals surface area contributed by atoms with Crippen molar-refractivity contribution in [3.63, 3.8) is 0 Å². The molecule has 1 rings (SSSR count). The monoisotopic (exact) mass is 240 g/mol. The standard InChI is InChI=1S/C11H20N4O2/c1-9-8-15(11(17)13-10(9)16)7-5-12-4-6-14(2)3/h8,12H,4-7H2,1-3H3,(H,13,16,17). The number of likely N-dealkylation sites (N-methyl/N-ethyl adjacent to an activating group) is 1. The zero-order chi connectivity index (χ0) is 12.8. The van der Waals surface area contributed by atoms with Crippen LogP contribution in [0.1, 0.15) is 5.56 Å². The van der Waals surface area contributed by atoms with Crippen molar-refractivity contribution in [3.05, 3.63) is 32.6 Å². The maximum atomic E-state index is 11.4. The summed E-state index contributed by atoms with van der Waals surface area (Å²) < 4.78 is 1.51. The molecule has 0 bridgehead atoms. The number of aromatic amines is 1. The summed E-state index contributed by atoms with van der Waals surface area (Å²) >= 11 is 0. The number of hydrogen-bond acceptors (Lipinski definition) is 4. The highest BCUT2D eigenvalue weighted by molar-refractivity contribution is 5.00. The Morgan fingerprint density at radius 2 is 2.06 bits per heavy atom. The van der Waals surface area contributed by atoms with E-state index in [4.69, 9.17) is 0 Å². The van der Waals surface area contributed by atoms with E-state index in [-0.39, 0.29) is 11.2 Å². The van der Waals surface area contributed by atoms with Crippen molar-refractivity contribution in [1.82, 2.24) is 19.8 Å². The van der Waals surface area contributed by atoms with Crippen LogP contribution in [0.3, 0.4) is 0 Å². The number of nitrogens with zero attached hydrogens (tertiary/aromatic N) is 2. The topological polar surface area (TPSA) is 70.1 Å². The molecule has 0 aliphatic carbocycles. The minimum Gasteiger partial charge on any atom is -0.314 e. The SMILES string of the molecule is Cc1cn(CCNCCN(C)C)c(=O)[nH]c1=O. The second kappa shape index (κ2) is 6.36. The Morgan fingerprint density at radius 1 is 1.35 bits per heavy atom. The van der Waals surface area contributed by atoms with Gasteiger partial charge in [-0.1, -0.05) is 0 Å². The molecule has 6 nitrogen and oxygen atoms in total. The number of nitrogens with one attached hydrogen (secondary N) is 2. The first-order valence-corrected chi connectivity index (χ1v) is 5.66. The fourth-order valence-corrected chi connectivity index (χ4v) is 1.41. The summed E-state index contributed by atoms with van der Waals surface area (Å²) in [6.45, 7) is 4.79. The molecule has 96 valence electrons. The number of rotatable bonds is 6. The van der Waals surface area contributed by atoms with Crippen LogP contribution >= 0.6 is 0 Å². The first-order valence-electron chi connectivity index (χ1n) is 5.66. The van der Waals surface area contributed by atoms with Gasteiger partial charge in [0, 0.05) is 37.9 Å². The summed E-state index contributed by atoms with van der Waals surface area (Å²) in [6, 6.07) is 0. The molecule has 6 heteroatoms. The Morgan fingerprint density at radius 3 is 2.71 bits per heavy atom. The third kappa shape index (κ3) is 4.54. The van der Waals surface area contributed by atoms with Gasteiger partial charge in [0.05, 0.1) is 0 Å². The summed E-state index contributed by atoms with van der Waals surface area (Å²) in [7, 11) is 4.02. The van der Waals surface area contributed by atoms with E-state index in [1.165, 1.54) is 4.57 Å². The number of H-pyrrole nitrogens is 1. The maximum Gasteiger partial charge on any atom is 0.328 e. The van der Waals surface area contributed by atoms with Gasteiger partial charge in [-0.25, -0.2) is 4.79 Å². The number of aromatic nitrogens is 2. The molecule has 17 heavy (non-hydrogen) atoms. The average Bonchev–Trinajstić information content (AvgIpc) is 2.24. The van der Waals surface area contributed by atoms with Gasteiger partial charge >= 0.3 is 5.69 Å². The Kier molecular flexibility index (Phi) is 5.11. The van der Waals surface area contributed by atoms with Crippen LogP contribution in [0.25, 0.3) is 0 Å². The van der Waals surface area contributed by atoms with Crippen molar-refractivity contribution >= 4 is 0 Å². The Hall–Kier alpha value is -1.40. The molecule has 0 atom stereocenters. The summed E-state index contributed by atoms with van der Waals surface area (Å²) in [4.78, 5) is 27.0. The lowest BCUT2D eigenvalue weighted by Crippen LogP contribution is -2.35. The fraction of sp³-hybridized carbons (Fsp3) is 0.636. The lowest BCUT2D eigenvalue weighted by molar-refractivity contribution is 0.397. The van der Waals surface area contributed by atoms with Crippen molar-refractivity contribution in [2.75, 3.05) is 33.7 Å². The van der Waals surface area contributed by atoms with Gasteiger partial charge in [0.2, 0.25) is 0 Å². The molecule has 0 aliphatic heterocycles. The van der Waals surface area contributed by atoms with Crippen LogP contribution in [0.5, 0.6) is 0 Å². The van der Waals surface area contributed by atoms with Crippen LogP contribution in [-0.4, -0.2) is 48.2 Å². The molecular formula is C11H20N4O2. The molecule has 0 saturated heterocycles. The summed E-state index contributed by atoms with van der Waals surface area (Å²) in [6.07, 6.45) is 1.59. The third-order valence-corrected chi connectivity index (χ3v) is 2.45. The highest BCUT2D eigenvalue weighted by atomic mass is 16.2. The second-order valence-corrected chi connectivity index (χ2v) is 4.32. The first kappa shape index (κ1) is 13.7. The Labute approximate surface area is 100 Å². The maximum absolute atomic E-state index is 11.4. The molecule has 0 aliphatic rings. The van der Waals surface area contributed by atoms with E-state index in [2.05, 4.69) is 15.2 Å². The molecule has 1 heterocycles. The van der Waals surface area contributed by atoms with Crippen LogP contribution in [0.4, 0.5) is 0 Å². The highest BCUT2D eigenvalue weighted by Gasteiger charge is 1.99. The summed E-state index contributed by atoms with van der Waals surface area (Å²) in [5, 5.41) is 3.23. The smallest absolute Gasteiger partial charge is 0.314 e. The molecule has 1 aromatic rings. The van der Waals surface area contributed by atoms with Gasteiger partial charge < -0.3 is 10.2 Å². The first-order chi connectivity index (χ1) is 8.00. The van der Waals surface area contributed by atoms with Gasteiger partial charge in [-0.15, -0.1) is 0 Å². The van der Waals surface area contributed by atoms with Crippen LogP contribution in [0.2, 0.25) is 0 Å². The molecular weight excluding hydrogens is 220 g/mol. The molecule has 0 spiro atoms. The Bertz CT molecular complexity index is 461. The molecule has 0 fully saturated rings. The molecule has 2 N–H and O–H groups in total. The van der Waals surface area contributed by atoms with Crippen LogP contribution < -0.4 is 16.6 Å². The van der Waals surface area contributed by atoms with Gasteiger partial charge in [0.1, 0.15) is 0 Å². The van der Waals surface area contributed by atoms with Crippen molar-refractivity contribution in [3.8, 4) is 0 Å². The van der Waals surface area contributed by atoms with Crippen molar-refractivity contribution in [2.24, 2.45) is 0 Å². The van der Waals surface area contributed by atoms with Gasteiger partial charge in [-0.05, 0) is 21.0 Å². The largest absolute Gasteiger partial charge is 0.328 e. The lowest BCUT2D eigenvalue weighted by atomic mass is 10.4. The van der Waals surface area contributed by atoms with Crippen molar-refractivity contribution in [2.45, 2.75) is 13.5 Å². The third-order valence-electron chi connectivity index (χ3n) is 2.45. The minimum atomic E-state index is -0.352. The minimum absolute atomic E-state index is 0.313. The zero-order valence-electron chi connectivity index (χ0n) is 10.6.